The van der Waals surface area contributed by atoms with E-state index in [2.05, 4.69) is 43.4 Å². The predicted octanol–water partition coefficient (Wildman–Crippen LogP) is 3.09. The molecule has 2 N–H and O–H groups in total. The lowest BCUT2D eigenvalue weighted by Crippen LogP contribution is -2.85. The molecule has 2 rings (SSSR count). The molecule has 3 heteroatoms. The second-order valence-electron chi connectivity index (χ2n) is 5.26. The first-order chi connectivity index (χ1) is 10.2. The van der Waals surface area contributed by atoms with Crippen LogP contribution in [0, 0.1) is 0 Å². The maximum atomic E-state index is 5.50. The van der Waals surface area contributed by atoms with Gasteiger partial charge < -0.3 is 14.8 Å². The van der Waals surface area contributed by atoms with Gasteiger partial charge in [-0.25, -0.2) is 0 Å². The number of ether oxygens (including phenoxy) is 2. The van der Waals surface area contributed by atoms with Gasteiger partial charge in [-0.3, -0.25) is 0 Å². The first-order valence-corrected chi connectivity index (χ1v) is 7.28. The molecule has 0 radical (unpaired) electrons. The Kier molecular flexibility index (Phi) is 5.23. The minimum Gasteiger partial charge on any atom is -0.496 e. The number of quaternary nitrogens is 1. The van der Waals surface area contributed by atoms with E-state index in [0.717, 1.165) is 17.1 Å². The molecule has 0 aliphatic rings. The topological polar surface area (TPSA) is 35.1 Å². The summed E-state index contributed by atoms with van der Waals surface area (Å²) < 4.78 is 11.0. The smallest absolute Gasteiger partial charge is 0.131 e. The van der Waals surface area contributed by atoms with E-state index in [1.807, 2.05) is 24.3 Å². The summed E-state index contributed by atoms with van der Waals surface area (Å²) >= 11 is 0. The lowest BCUT2D eigenvalue weighted by atomic mass is 10.0. The summed E-state index contributed by atoms with van der Waals surface area (Å²) in [6, 6.07) is 17.0. The van der Waals surface area contributed by atoms with Crippen molar-refractivity contribution in [1.82, 2.24) is 0 Å². The van der Waals surface area contributed by atoms with Crippen LogP contribution >= 0.6 is 0 Å². The van der Waals surface area contributed by atoms with E-state index in [1.165, 1.54) is 5.56 Å². The van der Waals surface area contributed by atoms with E-state index in [9.17, 15) is 0 Å². The lowest BCUT2D eigenvalue weighted by Gasteiger charge is -2.21. The summed E-state index contributed by atoms with van der Waals surface area (Å²) in [7, 11) is 3.40. The van der Waals surface area contributed by atoms with Crippen LogP contribution in [0.2, 0.25) is 0 Å². The number of benzene rings is 2. The van der Waals surface area contributed by atoms with Gasteiger partial charge in [-0.05, 0) is 26.0 Å². The minimum absolute atomic E-state index is 0.242. The van der Waals surface area contributed by atoms with Crippen molar-refractivity contribution >= 4 is 0 Å². The zero-order chi connectivity index (χ0) is 15.2. The summed E-state index contributed by atoms with van der Waals surface area (Å²) in [5.74, 6) is 1.75. The molecule has 3 nitrogen and oxygen atoms in total. The van der Waals surface area contributed by atoms with Crippen LogP contribution in [0.25, 0.3) is 0 Å². The number of rotatable bonds is 6. The molecule has 0 aliphatic carbocycles. The summed E-state index contributed by atoms with van der Waals surface area (Å²) in [5, 5.41) is 2.33. The van der Waals surface area contributed by atoms with Crippen LogP contribution in [0.15, 0.2) is 48.5 Å². The number of hydrogen-bond donors (Lipinski definition) is 1. The highest BCUT2D eigenvalue weighted by molar-refractivity contribution is 5.45. The van der Waals surface area contributed by atoms with Gasteiger partial charge in [0.1, 0.15) is 23.6 Å². The third-order valence-corrected chi connectivity index (χ3v) is 3.82. The van der Waals surface area contributed by atoms with Gasteiger partial charge in [0, 0.05) is 5.56 Å². The summed E-state index contributed by atoms with van der Waals surface area (Å²) in [5.41, 5.74) is 2.42. The van der Waals surface area contributed by atoms with Crippen LogP contribution in [-0.2, 0) is 0 Å². The zero-order valence-corrected chi connectivity index (χ0v) is 13.2. The molecule has 2 atom stereocenters. The molecule has 0 aliphatic heterocycles. The van der Waals surface area contributed by atoms with Crippen LogP contribution in [0.3, 0.4) is 0 Å². The van der Waals surface area contributed by atoms with Crippen LogP contribution in [0.4, 0.5) is 0 Å². The van der Waals surface area contributed by atoms with Crippen molar-refractivity contribution in [2.75, 3.05) is 14.2 Å². The van der Waals surface area contributed by atoms with Crippen molar-refractivity contribution < 1.29 is 14.8 Å². The molecule has 0 spiro atoms. The Hall–Kier alpha value is -2.00. The number of methoxy groups -OCH3 is 2. The monoisotopic (exact) mass is 286 g/mol. The molecule has 0 fully saturated rings. The molecule has 0 amide bonds. The Labute approximate surface area is 126 Å². The molecule has 0 heterocycles. The van der Waals surface area contributed by atoms with Crippen molar-refractivity contribution in [3.05, 3.63) is 59.7 Å². The average Bonchev–Trinajstić information content (AvgIpc) is 2.54. The van der Waals surface area contributed by atoms with Gasteiger partial charge >= 0.3 is 0 Å². The Balaban J connectivity index is 2.22. The molecule has 0 saturated carbocycles. The molecule has 0 saturated heterocycles. The first-order valence-electron chi connectivity index (χ1n) is 7.28. The fraction of sp³-hybridized carbons (Fsp3) is 0.333. The largest absolute Gasteiger partial charge is 0.496 e. The lowest BCUT2D eigenvalue weighted by molar-refractivity contribution is -0.728. The fourth-order valence-electron chi connectivity index (χ4n) is 2.73. The highest BCUT2D eigenvalue weighted by atomic mass is 16.5. The highest BCUT2D eigenvalue weighted by Gasteiger charge is 2.22. The van der Waals surface area contributed by atoms with E-state index in [0.29, 0.717) is 6.04 Å². The minimum atomic E-state index is 0.242. The predicted molar refractivity (Wildman–Crippen MR) is 84.7 cm³/mol. The van der Waals surface area contributed by atoms with Crippen molar-refractivity contribution in [3.63, 3.8) is 0 Å². The Morgan fingerprint density at radius 1 is 0.762 bits per heavy atom. The summed E-state index contributed by atoms with van der Waals surface area (Å²) in [4.78, 5) is 0. The Morgan fingerprint density at radius 2 is 1.33 bits per heavy atom. The van der Waals surface area contributed by atoms with E-state index >= 15 is 0 Å². The fourth-order valence-corrected chi connectivity index (χ4v) is 2.73. The first kappa shape index (κ1) is 15.4. The number of nitrogens with two attached hydrogens (primary N) is 1. The second kappa shape index (κ2) is 7.14. The van der Waals surface area contributed by atoms with Gasteiger partial charge in [0.05, 0.1) is 19.8 Å². The molecule has 2 aromatic rings. The molecule has 0 aromatic heterocycles. The van der Waals surface area contributed by atoms with Gasteiger partial charge in [-0.2, -0.15) is 0 Å². The highest BCUT2D eigenvalue weighted by Crippen LogP contribution is 2.32. The number of hydrogen-bond acceptors (Lipinski definition) is 2. The van der Waals surface area contributed by atoms with Crippen LogP contribution in [0.1, 0.15) is 37.1 Å². The van der Waals surface area contributed by atoms with Gasteiger partial charge in [0.2, 0.25) is 0 Å². The summed E-state index contributed by atoms with van der Waals surface area (Å²) in [6.07, 6.45) is 0. The standard InChI is InChI=1S/C18H23NO2/c1-13(15-9-6-5-7-10-15)19-14(2)18-16(20-3)11-8-12-17(18)21-4/h5-14,19H,1-4H3/p+1/t13-,14-/m0/s1. The van der Waals surface area contributed by atoms with E-state index in [4.69, 9.17) is 9.47 Å². The molecular weight excluding hydrogens is 262 g/mol. The molecule has 112 valence electrons. The summed E-state index contributed by atoms with van der Waals surface area (Å²) in [6.45, 7) is 4.40. The third kappa shape index (κ3) is 3.56. The average molecular weight is 286 g/mol. The van der Waals surface area contributed by atoms with Gasteiger partial charge in [-0.15, -0.1) is 0 Å². The molecular formula is C18H24NO2+. The molecule has 21 heavy (non-hydrogen) atoms. The van der Waals surface area contributed by atoms with Crippen LogP contribution < -0.4 is 14.8 Å². The molecule has 0 unspecified atom stereocenters. The molecule has 0 bridgehead atoms. The van der Waals surface area contributed by atoms with Crippen molar-refractivity contribution in [1.29, 1.82) is 0 Å². The SMILES string of the molecule is COc1cccc(OC)c1[C@H](C)[NH2+][C@@H](C)c1ccccc1. The van der Waals surface area contributed by atoms with E-state index in [-0.39, 0.29) is 6.04 Å². The normalized spacial score (nSPS) is 13.5. The van der Waals surface area contributed by atoms with Gasteiger partial charge in [0.15, 0.2) is 0 Å². The van der Waals surface area contributed by atoms with Crippen molar-refractivity contribution in [3.8, 4) is 11.5 Å². The van der Waals surface area contributed by atoms with E-state index < -0.39 is 0 Å². The maximum Gasteiger partial charge on any atom is 0.131 e. The van der Waals surface area contributed by atoms with Crippen molar-refractivity contribution in [2.24, 2.45) is 0 Å². The van der Waals surface area contributed by atoms with Gasteiger partial charge in [-0.1, -0.05) is 36.4 Å². The Bertz CT molecular complexity index is 546. The van der Waals surface area contributed by atoms with Crippen LogP contribution in [-0.4, -0.2) is 14.2 Å². The van der Waals surface area contributed by atoms with Gasteiger partial charge in [0.25, 0.3) is 0 Å². The third-order valence-electron chi connectivity index (χ3n) is 3.82. The van der Waals surface area contributed by atoms with E-state index in [1.54, 1.807) is 14.2 Å². The molecule has 2 aromatic carbocycles. The van der Waals surface area contributed by atoms with Crippen LogP contribution in [0.5, 0.6) is 11.5 Å². The zero-order valence-electron chi connectivity index (χ0n) is 13.2. The van der Waals surface area contributed by atoms with Crippen molar-refractivity contribution in [2.45, 2.75) is 25.9 Å². The second-order valence-corrected chi connectivity index (χ2v) is 5.26. The quantitative estimate of drug-likeness (QED) is 0.885. The Morgan fingerprint density at radius 3 is 1.86 bits per heavy atom. The maximum absolute atomic E-state index is 5.50.